The highest BCUT2D eigenvalue weighted by atomic mass is 35.5. The first kappa shape index (κ1) is 36.7. The van der Waals surface area contributed by atoms with Gasteiger partial charge in [-0.15, -0.1) is 13.2 Å². The monoisotopic (exact) mass is 720 g/mol. The predicted molar refractivity (Wildman–Crippen MR) is 207 cm³/mol. The first-order valence-corrected chi connectivity index (χ1v) is 17.8. The summed E-state index contributed by atoms with van der Waals surface area (Å²) in [6.45, 7) is 17.6. The van der Waals surface area contributed by atoms with E-state index in [4.69, 9.17) is 40.6 Å². The summed E-state index contributed by atoms with van der Waals surface area (Å²) in [5, 5.41) is 5.60. The largest absolute Gasteiger partial charge is 0.493 e. The number of fused-ring (bicyclic) bond motifs is 2. The SMILES string of the molecule is C=CCCCOc1ccccc1-c1cccc(-c2cc3nc(C)c(C(OC(C)(C)C)C(=O)OC)c(-c4ccc5c(c4Cl)N(CC=C)CCO5)n3n2)c1. The topological polar surface area (TPSA) is 87.4 Å². The molecule has 0 aliphatic carbocycles. The molecule has 0 saturated carbocycles. The Hall–Kier alpha value is -5.12. The van der Waals surface area contributed by atoms with Crippen LogP contribution in [-0.2, 0) is 14.3 Å². The third-order valence-corrected chi connectivity index (χ3v) is 9.15. The van der Waals surface area contributed by atoms with E-state index in [0.717, 1.165) is 41.0 Å². The minimum absolute atomic E-state index is 0.454. The van der Waals surface area contributed by atoms with E-state index in [1.165, 1.54) is 7.11 Å². The first-order valence-electron chi connectivity index (χ1n) is 17.5. The van der Waals surface area contributed by atoms with Gasteiger partial charge in [-0.05, 0) is 70.4 Å². The highest BCUT2D eigenvalue weighted by molar-refractivity contribution is 6.36. The summed E-state index contributed by atoms with van der Waals surface area (Å²) >= 11 is 7.36. The lowest BCUT2D eigenvalue weighted by molar-refractivity contribution is -0.164. The molecule has 5 aromatic rings. The number of allylic oxidation sites excluding steroid dienone is 1. The molecule has 52 heavy (non-hydrogen) atoms. The second-order valence-corrected chi connectivity index (χ2v) is 14.0. The first-order chi connectivity index (χ1) is 25.0. The van der Waals surface area contributed by atoms with Crippen molar-refractivity contribution >= 4 is 28.9 Å². The van der Waals surface area contributed by atoms with E-state index in [-0.39, 0.29) is 0 Å². The minimum Gasteiger partial charge on any atom is -0.493 e. The highest BCUT2D eigenvalue weighted by Crippen LogP contribution is 2.47. The van der Waals surface area contributed by atoms with Gasteiger partial charge in [0.2, 0.25) is 0 Å². The maximum Gasteiger partial charge on any atom is 0.339 e. The van der Waals surface area contributed by atoms with Gasteiger partial charge >= 0.3 is 5.97 Å². The fraction of sp³-hybridized carbons (Fsp3) is 0.310. The number of ether oxygens (including phenoxy) is 4. The number of aromatic nitrogens is 3. The zero-order valence-corrected chi connectivity index (χ0v) is 31.2. The normalized spacial score (nSPS) is 13.3. The molecule has 0 N–H and O–H groups in total. The van der Waals surface area contributed by atoms with Crippen LogP contribution >= 0.6 is 11.6 Å². The average Bonchev–Trinajstić information content (AvgIpc) is 3.56. The van der Waals surface area contributed by atoms with E-state index >= 15 is 0 Å². The van der Waals surface area contributed by atoms with Gasteiger partial charge in [-0.25, -0.2) is 14.3 Å². The van der Waals surface area contributed by atoms with Crippen molar-refractivity contribution in [1.29, 1.82) is 0 Å². The van der Waals surface area contributed by atoms with Crippen molar-refractivity contribution in [2.75, 3.05) is 38.3 Å². The fourth-order valence-corrected chi connectivity index (χ4v) is 6.84. The van der Waals surface area contributed by atoms with Crippen molar-refractivity contribution in [3.05, 3.63) is 108 Å². The van der Waals surface area contributed by atoms with E-state index in [1.807, 2.05) is 88.4 Å². The molecule has 0 saturated heterocycles. The lowest BCUT2D eigenvalue weighted by Gasteiger charge is -2.32. The number of hydrogen-bond acceptors (Lipinski definition) is 8. The molecule has 1 atom stereocenters. The number of esters is 1. The smallest absolute Gasteiger partial charge is 0.339 e. The molecule has 10 heteroatoms. The summed E-state index contributed by atoms with van der Waals surface area (Å²) < 4.78 is 25.7. The predicted octanol–water partition coefficient (Wildman–Crippen LogP) is 9.45. The number of aryl methyl sites for hydroxylation is 1. The lowest BCUT2D eigenvalue weighted by Crippen LogP contribution is -2.33. The zero-order valence-electron chi connectivity index (χ0n) is 30.4. The molecule has 3 heterocycles. The van der Waals surface area contributed by atoms with E-state index in [9.17, 15) is 4.79 Å². The zero-order chi connectivity index (χ0) is 37.0. The van der Waals surface area contributed by atoms with Gasteiger partial charge in [0.1, 0.15) is 18.1 Å². The third-order valence-electron chi connectivity index (χ3n) is 8.76. The van der Waals surface area contributed by atoms with Gasteiger partial charge in [-0.1, -0.05) is 60.2 Å². The Bertz CT molecular complexity index is 2120. The highest BCUT2D eigenvalue weighted by Gasteiger charge is 2.35. The molecule has 3 aromatic carbocycles. The van der Waals surface area contributed by atoms with Crippen LogP contribution in [0.25, 0.3) is 39.3 Å². The van der Waals surface area contributed by atoms with Crippen LogP contribution in [0.3, 0.4) is 0 Å². The van der Waals surface area contributed by atoms with Crippen molar-refractivity contribution < 1.29 is 23.7 Å². The Morgan fingerprint density at radius 2 is 1.83 bits per heavy atom. The van der Waals surface area contributed by atoms with E-state index in [0.29, 0.717) is 70.9 Å². The van der Waals surface area contributed by atoms with Gasteiger partial charge in [0.05, 0.1) is 48.0 Å². The van der Waals surface area contributed by atoms with Crippen LogP contribution in [0.2, 0.25) is 5.02 Å². The minimum atomic E-state index is -1.12. The number of unbranched alkanes of at least 4 members (excludes halogenated alkanes) is 1. The molecule has 0 bridgehead atoms. The molecule has 0 amide bonds. The van der Waals surface area contributed by atoms with Crippen LogP contribution in [0.4, 0.5) is 5.69 Å². The van der Waals surface area contributed by atoms with Crippen molar-refractivity contribution in [2.24, 2.45) is 0 Å². The number of rotatable bonds is 13. The summed E-state index contributed by atoms with van der Waals surface area (Å²) in [7, 11) is 1.35. The van der Waals surface area contributed by atoms with Gasteiger partial charge in [0.25, 0.3) is 0 Å². The van der Waals surface area contributed by atoms with Crippen LogP contribution in [0.1, 0.15) is 51.0 Å². The Balaban J connectivity index is 1.55. The summed E-state index contributed by atoms with van der Waals surface area (Å²) in [6, 6.07) is 21.9. The standard InChI is InChI=1S/C42H45ClN4O5/c1-8-10-13-23-50-33-18-12-11-17-30(33)28-15-14-16-29(25-28)32-26-35-44-27(3)36(40(41(48)49-7)52-42(4,5)6)38(47(35)45-32)31-19-20-34-39(37(31)43)46(21-9-2)22-24-51-34/h8-9,11-12,14-20,25-26,40H,1-2,10,13,21-24H2,3-7H3. The van der Waals surface area contributed by atoms with Gasteiger partial charge < -0.3 is 23.8 Å². The van der Waals surface area contributed by atoms with Gasteiger partial charge in [-0.3, -0.25) is 0 Å². The van der Waals surface area contributed by atoms with E-state index < -0.39 is 17.7 Å². The van der Waals surface area contributed by atoms with Gasteiger partial charge in [0, 0.05) is 40.6 Å². The Morgan fingerprint density at radius 3 is 2.58 bits per heavy atom. The molecule has 0 fully saturated rings. The Kier molecular flexibility index (Phi) is 11.0. The quantitative estimate of drug-likeness (QED) is 0.0676. The molecule has 1 unspecified atom stereocenters. The molecule has 0 radical (unpaired) electrons. The van der Waals surface area contributed by atoms with Crippen molar-refractivity contribution in [1.82, 2.24) is 14.6 Å². The second-order valence-electron chi connectivity index (χ2n) is 13.6. The van der Waals surface area contributed by atoms with E-state index in [1.54, 1.807) is 4.52 Å². The number of carbonyl (C=O) groups is 1. The van der Waals surface area contributed by atoms with Crippen LogP contribution in [0, 0.1) is 6.92 Å². The van der Waals surface area contributed by atoms with Crippen molar-refractivity contribution in [3.63, 3.8) is 0 Å². The number of halogens is 1. The number of para-hydroxylation sites is 1. The Labute approximate surface area is 310 Å². The molecule has 270 valence electrons. The third kappa shape index (κ3) is 7.56. The number of methoxy groups -OCH3 is 1. The van der Waals surface area contributed by atoms with Crippen LogP contribution < -0.4 is 14.4 Å². The van der Waals surface area contributed by atoms with Crippen LogP contribution in [0.15, 0.2) is 92.0 Å². The van der Waals surface area contributed by atoms with Crippen molar-refractivity contribution in [2.45, 2.75) is 52.2 Å². The average molecular weight is 721 g/mol. The lowest BCUT2D eigenvalue weighted by atomic mass is 9.97. The maximum atomic E-state index is 13.6. The van der Waals surface area contributed by atoms with Crippen LogP contribution in [0.5, 0.6) is 11.5 Å². The number of anilines is 1. The Morgan fingerprint density at radius 1 is 1.04 bits per heavy atom. The summed E-state index contributed by atoms with van der Waals surface area (Å²) in [6.07, 6.45) is 4.40. The molecular formula is C42H45ClN4O5. The molecule has 2 aromatic heterocycles. The molecule has 9 nitrogen and oxygen atoms in total. The molecule has 0 spiro atoms. The number of hydrogen-bond donors (Lipinski definition) is 0. The fourth-order valence-electron chi connectivity index (χ4n) is 6.48. The molecular weight excluding hydrogens is 676 g/mol. The van der Waals surface area contributed by atoms with Crippen LogP contribution in [-0.4, -0.2) is 59.6 Å². The molecule has 1 aliphatic heterocycles. The second kappa shape index (κ2) is 15.6. The van der Waals surface area contributed by atoms with Gasteiger partial charge in [0.15, 0.2) is 11.8 Å². The number of carbonyl (C=O) groups excluding carboxylic acids is 1. The number of nitrogens with zero attached hydrogens (tertiary/aromatic N) is 4. The summed E-state index contributed by atoms with van der Waals surface area (Å²) in [5.41, 5.74) is 6.47. The van der Waals surface area contributed by atoms with E-state index in [2.05, 4.69) is 36.3 Å². The summed E-state index contributed by atoms with van der Waals surface area (Å²) in [5.74, 6) is 0.924. The number of benzene rings is 3. The maximum absolute atomic E-state index is 13.6. The summed E-state index contributed by atoms with van der Waals surface area (Å²) in [4.78, 5) is 20.7. The van der Waals surface area contributed by atoms with Gasteiger partial charge in [-0.2, -0.15) is 5.10 Å². The van der Waals surface area contributed by atoms with Crippen molar-refractivity contribution in [3.8, 4) is 45.1 Å². The molecule has 1 aliphatic rings. The molecule has 6 rings (SSSR count).